The zero-order chi connectivity index (χ0) is 8.81. The van der Waals surface area contributed by atoms with E-state index >= 15 is 0 Å². The highest BCUT2D eigenvalue weighted by atomic mass is 16.1. The van der Waals surface area contributed by atoms with Crippen LogP contribution in [0.5, 0.6) is 0 Å². The summed E-state index contributed by atoms with van der Waals surface area (Å²) in [5, 5.41) is 2.73. The van der Waals surface area contributed by atoms with Crippen LogP contribution in [-0.2, 0) is 11.2 Å². The van der Waals surface area contributed by atoms with Gasteiger partial charge in [-0.05, 0) is 11.6 Å². The summed E-state index contributed by atoms with van der Waals surface area (Å²) in [6.07, 6.45) is 3.82. The van der Waals surface area contributed by atoms with Crippen molar-refractivity contribution in [2.45, 2.75) is 6.42 Å². The molecular formula is C7H10B2N2O. The van der Waals surface area contributed by atoms with Crippen LogP contribution in [0.3, 0.4) is 0 Å². The molecule has 1 heterocycles. The average Bonchev–Trinajstić information content (AvgIpc) is 2.06. The maximum Gasteiger partial charge on any atom is 0.211 e. The summed E-state index contributed by atoms with van der Waals surface area (Å²) in [5.74, 6) is 0.0468. The zero-order valence-electron chi connectivity index (χ0n) is 7.08. The first-order chi connectivity index (χ1) is 5.83. The number of aromatic nitrogens is 1. The Morgan fingerprint density at radius 1 is 1.75 bits per heavy atom. The summed E-state index contributed by atoms with van der Waals surface area (Å²) in [5.41, 5.74) is 0.948. The molecule has 1 aromatic rings. The van der Waals surface area contributed by atoms with Gasteiger partial charge in [0.2, 0.25) is 5.91 Å². The normalized spacial score (nSPS) is 9.00. The molecule has 12 heavy (non-hydrogen) atoms. The Hall–Kier alpha value is -1.25. The largest absolute Gasteiger partial charge is 0.410 e. The number of amides is 1. The van der Waals surface area contributed by atoms with E-state index < -0.39 is 0 Å². The molecule has 1 N–H and O–H groups in total. The van der Waals surface area contributed by atoms with E-state index in [1.54, 1.807) is 12.4 Å². The highest BCUT2D eigenvalue weighted by molar-refractivity contribution is 6.89. The summed E-state index contributed by atoms with van der Waals surface area (Å²) in [6, 6.07) is 3.72. The van der Waals surface area contributed by atoms with Crippen molar-refractivity contribution < 1.29 is 4.79 Å². The first kappa shape index (κ1) is 8.84. The van der Waals surface area contributed by atoms with E-state index in [0.29, 0.717) is 13.7 Å². The van der Waals surface area contributed by atoms with Crippen LogP contribution in [0.1, 0.15) is 5.56 Å². The molecule has 1 aromatic heterocycles. The Morgan fingerprint density at radius 2 is 2.58 bits per heavy atom. The Kier molecular flexibility index (Phi) is 3.38. The highest BCUT2D eigenvalue weighted by Crippen LogP contribution is 1.95. The molecular weight excluding hydrogens is 150 g/mol. The van der Waals surface area contributed by atoms with Crippen molar-refractivity contribution in [3.8, 4) is 0 Å². The van der Waals surface area contributed by atoms with Gasteiger partial charge in [0.25, 0.3) is 0 Å². The monoisotopic (exact) mass is 160 g/mol. The molecule has 0 saturated heterocycles. The lowest BCUT2D eigenvalue weighted by Gasteiger charge is -2.00. The predicted octanol–water partition coefficient (Wildman–Crippen LogP) is -1.36. The lowest BCUT2D eigenvalue weighted by molar-refractivity contribution is -0.118. The Labute approximate surface area is 73.2 Å². The third-order valence-corrected chi connectivity index (χ3v) is 1.46. The zero-order valence-corrected chi connectivity index (χ0v) is 7.08. The second-order valence-corrected chi connectivity index (χ2v) is 2.49. The van der Waals surface area contributed by atoms with Crippen molar-refractivity contribution in [1.82, 2.24) is 10.2 Å². The molecule has 1 amide bonds. The van der Waals surface area contributed by atoms with Gasteiger partial charge in [-0.3, -0.25) is 9.78 Å². The molecule has 0 radical (unpaired) electrons. The topological polar surface area (TPSA) is 42.0 Å². The van der Waals surface area contributed by atoms with E-state index in [4.69, 9.17) is 0 Å². The fourth-order valence-electron chi connectivity index (χ4n) is 0.948. The summed E-state index contributed by atoms with van der Waals surface area (Å²) in [4.78, 5) is 15.0. The van der Waals surface area contributed by atoms with Crippen LogP contribution in [0.15, 0.2) is 24.5 Å². The molecule has 0 aliphatic rings. The molecule has 0 unspecified atom stereocenters. The SMILES string of the molecule is BBNC(=O)Cc1cccnc1. The number of rotatable bonds is 3. The van der Waals surface area contributed by atoms with Gasteiger partial charge < -0.3 is 5.23 Å². The number of pyridine rings is 1. The van der Waals surface area contributed by atoms with Crippen LogP contribution in [0.4, 0.5) is 0 Å². The molecule has 0 fully saturated rings. The van der Waals surface area contributed by atoms with Crippen LogP contribution < -0.4 is 5.23 Å². The van der Waals surface area contributed by atoms with Gasteiger partial charge in [0.15, 0.2) is 7.31 Å². The van der Waals surface area contributed by atoms with Crippen molar-refractivity contribution in [2.75, 3.05) is 0 Å². The standard InChI is InChI=1S/C7H10B2N2O/c8-9-11-7(12)4-6-2-1-3-10-5-6/h1-3,5,9H,4,8H2,(H,11,12). The summed E-state index contributed by atoms with van der Waals surface area (Å²) in [7, 11) is 2.58. The van der Waals surface area contributed by atoms with Crippen molar-refractivity contribution in [1.29, 1.82) is 0 Å². The van der Waals surface area contributed by atoms with Crippen LogP contribution in [-0.4, -0.2) is 25.9 Å². The molecule has 1 rings (SSSR count). The maximum atomic E-state index is 11.1. The Balaban J connectivity index is 2.47. The predicted molar refractivity (Wildman–Crippen MR) is 51.8 cm³/mol. The molecule has 3 nitrogen and oxygen atoms in total. The van der Waals surface area contributed by atoms with Gasteiger partial charge in [0.05, 0.1) is 14.2 Å². The minimum Gasteiger partial charge on any atom is -0.410 e. The van der Waals surface area contributed by atoms with Gasteiger partial charge >= 0.3 is 0 Å². The van der Waals surface area contributed by atoms with Gasteiger partial charge in [-0.25, -0.2) is 0 Å². The minimum atomic E-state index is 0.0468. The van der Waals surface area contributed by atoms with Gasteiger partial charge in [-0.2, -0.15) is 0 Å². The van der Waals surface area contributed by atoms with Crippen LogP contribution in [0.25, 0.3) is 0 Å². The minimum absolute atomic E-state index is 0.0468. The van der Waals surface area contributed by atoms with E-state index in [-0.39, 0.29) is 5.91 Å². The van der Waals surface area contributed by atoms with E-state index in [1.165, 1.54) is 0 Å². The average molecular weight is 160 g/mol. The van der Waals surface area contributed by atoms with Crippen molar-refractivity contribution >= 4 is 20.9 Å². The Morgan fingerprint density at radius 3 is 3.17 bits per heavy atom. The summed E-state index contributed by atoms with van der Waals surface area (Å²) in [6.45, 7) is 0. The number of hydrogen-bond acceptors (Lipinski definition) is 2. The van der Waals surface area contributed by atoms with Crippen LogP contribution >= 0.6 is 0 Å². The number of nitrogens with one attached hydrogen (secondary N) is 1. The number of carbonyl (C=O) groups excluding carboxylic acids is 1. The van der Waals surface area contributed by atoms with Gasteiger partial charge in [0, 0.05) is 12.4 Å². The molecule has 0 spiro atoms. The van der Waals surface area contributed by atoms with E-state index in [0.717, 1.165) is 5.56 Å². The third kappa shape index (κ3) is 2.78. The summed E-state index contributed by atoms with van der Waals surface area (Å²) < 4.78 is 0. The first-order valence-electron chi connectivity index (χ1n) is 3.98. The molecule has 0 aromatic carbocycles. The van der Waals surface area contributed by atoms with Gasteiger partial charge in [-0.15, -0.1) is 0 Å². The van der Waals surface area contributed by atoms with Crippen molar-refractivity contribution in [3.05, 3.63) is 30.1 Å². The molecule has 0 saturated carbocycles. The molecule has 0 atom stereocenters. The Bertz CT molecular complexity index is 253. The van der Waals surface area contributed by atoms with Gasteiger partial charge in [-0.1, -0.05) is 6.07 Å². The highest BCUT2D eigenvalue weighted by Gasteiger charge is 2.00. The molecule has 0 aliphatic carbocycles. The van der Waals surface area contributed by atoms with Crippen molar-refractivity contribution in [3.63, 3.8) is 0 Å². The lowest BCUT2D eigenvalue weighted by atomic mass is 9.67. The maximum absolute atomic E-state index is 11.1. The van der Waals surface area contributed by atoms with Crippen LogP contribution in [0, 0.1) is 0 Å². The van der Waals surface area contributed by atoms with Crippen LogP contribution in [0.2, 0.25) is 0 Å². The quantitative estimate of drug-likeness (QED) is 0.554. The lowest BCUT2D eigenvalue weighted by Crippen LogP contribution is -2.28. The smallest absolute Gasteiger partial charge is 0.211 e. The number of hydrogen-bond donors (Lipinski definition) is 1. The van der Waals surface area contributed by atoms with Gasteiger partial charge in [0.1, 0.15) is 0 Å². The molecule has 0 aliphatic heterocycles. The third-order valence-electron chi connectivity index (χ3n) is 1.46. The fraction of sp³-hybridized carbons (Fsp3) is 0.143. The fourth-order valence-corrected chi connectivity index (χ4v) is 0.948. The van der Waals surface area contributed by atoms with Crippen molar-refractivity contribution in [2.24, 2.45) is 0 Å². The molecule has 5 heteroatoms. The second-order valence-electron chi connectivity index (χ2n) is 2.49. The first-order valence-corrected chi connectivity index (χ1v) is 3.98. The molecule has 60 valence electrons. The second kappa shape index (κ2) is 4.59. The molecule has 0 bridgehead atoms. The number of nitrogens with zero attached hydrogens (tertiary/aromatic N) is 1. The number of carbonyl (C=O) groups is 1. The van der Waals surface area contributed by atoms with E-state index in [2.05, 4.69) is 10.2 Å². The van der Waals surface area contributed by atoms with E-state index in [9.17, 15) is 4.79 Å². The van der Waals surface area contributed by atoms with E-state index in [1.807, 2.05) is 19.9 Å². The summed E-state index contributed by atoms with van der Waals surface area (Å²) >= 11 is 0.